The Labute approximate surface area is 185 Å². The van der Waals surface area contributed by atoms with Crippen molar-refractivity contribution in [2.45, 2.75) is 12.0 Å². The first kappa shape index (κ1) is 19.8. The molecule has 7 nitrogen and oxygen atoms in total. The molecule has 5 rings (SSSR count). The van der Waals surface area contributed by atoms with E-state index in [-0.39, 0.29) is 6.54 Å². The standard InChI is InChI=1S/C25H21N3O4/c29-22(26-19-12-10-18(11-13-19)17-6-2-1-3-7-17)16-28-23(30)25(27-24(28)31)14-15-32-21-9-5-4-8-20(21)25/h1-13H,14-16H2,(H,26,29)(H,27,31). The van der Waals surface area contributed by atoms with Gasteiger partial charge in [-0.3, -0.25) is 14.5 Å². The van der Waals surface area contributed by atoms with Gasteiger partial charge in [-0.15, -0.1) is 0 Å². The van der Waals surface area contributed by atoms with Crippen LogP contribution in [0.2, 0.25) is 0 Å². The highest BCUT2D eigenvalue weighted by molar-refractivity contribution is 6.10. The van der Waals surface area contributed by atoms with Crippen molar-refractivity contribution in [3.63, 3.8) is 0 Å². The number of benzene rings is 3. The van der Waals surface area contributed by atoms with Crippen molar-refractivity contribution < 1.29 is 19.1 Å². The van der Waals surface area contributed by atoms with Crippen molar-refractivity contribution in [1.29, 1.82) is 0 Å². The zero-order valence-corrected chi connectivity index (χ0v) is 17.2. The van der Waals surface area contributed by atoms with Gasteiger partial charge in [0.25, 0.3) is 5.91 Å². The number of rotatable bonds is 4. The van der Waals surface area contributed by atoms with Gasteiger partial charge in [-0.05, 0) is 29.3 Å². The van der Waals surface area contributed by atoms with E-state index in [1.54, 1.807) is 30.3 Å². The molecule has 0 saturated carbocycles. The molecule has 1 fully saturated rings. The molecule has 2 N–H and O–H groups in total. The second-order valence-electron chi connectivity index (χ2n) is 7.81. The van der Waals surface area contributed by atoms with Gasteiger partial charge >= 0.3 is 6.03 Å². The van der Waals surface area contributed by atoms with Gasteiger partial charge in [-0.2, -0.15) is 0 Å². The zero-order chi connectivity index (χ0) is 22.1. The largest absolute Gasteiger partial charge is 0.493 e. The molecule has 0 bridgehead atoms. The Kier molecular flexibility index (Phi) is 4.86. The first-order chi connectivity index (χ1) is 15.6. The molecule has 32 heavy (non-hydrogen) atoms. The highest BCUT2D eigenvalue weighted by Crippen LogP contribution is 2.40. The van der Waals surface area contributed by atoms with Crippen LogP contribution in [0.1, 0.15) is 12.0 Å². The molecular weight excluding hydrogens is 406 g/mol. The number of ether oxygens (including phenoxy) is 1. The van der Waals surface area contributed by atoms with Crippen molar-refractivity contribution in [3.05, 3.63) is 84.4 Å². The van der Waals surface area contributed by atoms with Gasteiger partial charge < -0.3 is 15.4 Å². The highest BCUT2D eigenvalue weighted by Gasteiger charge is 2.55. The fourth-order valence-electron chi connectivity index (χ4n) is 4.24. The van der Waals surface area contributed by atoms with E-state index < -0.39 is 23.4 Å². The van der Waals surface area contributed by atoms with Crippen LogP contribution in [0.4, 0.5) is 10.5 Å². The molecule has 1 spiro atoms. The Hall–Kier alpha value is -4.13. The molecule has 7 heteroatoms. The third kappa shape index (κ3) is 3.37. The lowest BCUT2D eigenvalue weighted by molar-refractivity contribution is -0.135. The lowest BCUT2D eigenvalue weighted by Crippen LogP contribution is -2.48. The molecule has 160 valence electrons. The summed E-state index contributed by atoms with van der Waals surface area (Å²) < 4.78 is 5.63. The van der Waals surface area contributed by atoms with Gasteiger partial charge in [-0.25, -0.2) is 4.79 Å². The number of amides is 4. The Bertz CT molecular complexity index is 1190. The molecule has 0 radical (unpaired) electrons. The molecule has 2 heterocycles. The van der Waals surface area contributed by atoms with Crippen LogP contribution in [-0.2, 0) is 15.1 Å². The van der Waals surface area contributed by atoms with Crippen LogP contribution >= 0.6 is 0 Å². The molecule has 1 unspecified atom stereocenters. The second-order valence-corrected chi connectivity index (χ2v) is 7.81. The fourth-order valence-corrected chi connectivity index (χ4v) is 4.24. The third-order valence-electron chi connectivity index (χ3n) is 5.83. The maximum atomic E-state index is 13.3. The minimum atomic E-state index is -1.19. The van der Waals surface area contributed by atoms with Crippen LogP contribution in [0.5, 0.6) is 5.75 Å². The molecule has 2 aliphatic heterocycles. The number of carbonyl (C=O) groups excluding carboxylic acids is 3. The second kappa shape index (κ2) is 7.85. The van der Waals surface area contributed by atoms with Gasteiger partial charge in [0.15, 0.2) is 5.54 Å². The molecule has 1 saturated heterocycles. The number of fused-ring (bicyclic) bond motifs is 2. The van der Waals surface area contributed by atoms with Crippen molar-refractivity contribution in [2.75, 3.05) is 18.5 Å². The minimum Gasteiger partial charge on any atom is -0.493 e. The summed E-state index contributed by atoms with van der Waals surface area (Å²) in [6, 6.07) is 23.9. The molecule has 4 amide bonds. The number of carbonyl (C=O) groups is 3. The van der Waals surface area contributed by atoms with Gasteiger partial charge in [0.05, 0.1) is 6.61 Å². The van der Waals surface area contributed by atoms with E-state index in [1.807, 2.05) is 48.5 Å². The summed E-state index contributed by atoms with van der Waals surface area (Å²) in [5, 5.41) is 5.56. The number of nitrogens with one attached hydrogen (secondary N) is 2. The van der Waals surface area contributed by atoms with Gasteiger partial charge in [0, 0.05) is 17.7 Å². The molecule has 0 aromatic heterocycles. The summed E-state index contributed by atoms with van der Waals surface area (Å²) in [5.41, 5.74) is 2.12. The first-order valence-electron chi connectivity index (χ1n) is 10.4. The van der Waals surface area contributed by atoms with E-state index >= 15 is 0 Å². The average Bonchev–Trinajstić information content (AvgIpc) is 3.05. The number of hydrogen-bond donors (Lipinski definition) is 2. The van der Waals surface area contributed by atoms with Crippen molar-refractivity contribution in [2.24, 2.45) is 0 Å². The summed E-state index contributed by atoms with van der Waals surface area (Å²) in [5.74, 6) is -0.316. The molecule has 0 aliphatic carbocycles. The van der Waals surface area contributed by atoms with Crippen LogP contribution in [0, 0.1) is 0 Å². The Balaban J connectivity index is 1.29. The Morgan fingerprint density at radius 3 is 2.41 bits per heavy atom. The van der Waals surface area contributed by atoms with Crippen molar-refractivity contribution in [1.82, 2.24) is 10.2 Å². The van der Waals surface area contributed by atoms with Crippen LogP contribution in [0.25, 0.3) is 11.1 Å². The van der Waals surface area contributed by atoms with E-state index in [0.717, 1.165) is 16.0 Å². The van der Waals surface area contributed by atoms with Gasteiger partial charge in [0.1, 0.15) is 12.3 Å². The van der Waals surface area contributed by atoms with E-state index in [2.05, 4.69) is 10.6 Å². The van der Waals surface area contributed by atoms with Crippen molar-refractivity contribution >= 4 is 23.5 Å². The number of anilines is 1. The molecule has 2 aliphatic rings. The Morgan fingerprint density at radius 2 is 1.62 bits per heavy atom. The minimum absolute atomic E-state index is 0.302. The van der Waals surface area contributed by atoms with Crippen LogP contribution in [-0.4, -0.2) is 35.9 Å². The van der Waals surface area contributed by atoms with E-state index in [9.17, 15) is 14.4 Å². The fraction of sp³-hybridized carbons (Fsp3) is 0.160. The van der Waals surface area contributed by atoms with E-state index in [0.29, 0.717) is 30.0 Å². The van der Waals surface area contributed by atoms with Crippen LogP contribution in [0.3, 0.4) is 0 Å². The monoisotopic (exact) mass is 427 g/mol. The molecule has 3 aromatic carbocycles. The Morgan fingerprint density at radius 1 is 0.938 bits per heavy atom. The van der Waals surface area contributed by atoms with Gasteiger partial charge in [0.2, 0.25) is 5.91 Å². The molecule has 1 atom stereocenters. The summed E-state index contributed by atoms with van der Waals surface area (Å²) in [7, 11) is 0. The summed E-state index contributed by atoms with van der Waals surface area (Å²) >= 11 is 0. The van der Waals surface area contributed by atoms with Crippen LogP contribution in [0.15, 0.2) is 78.9 Å². The lowest BCUT2D eigenvalue weighted by atomic mass is 9.84. The first-order valence-corrected chi connectivity index (χ1v) is 10.4. The van der Waals surface area contributed by atoms with E-state index in [1.165, 1.54) is 0 Å². The zero-order valence-electron chi connectivity index (χ0n) is 17.2. The number of hydrogen-bond acceptors (Lipinski definition) is 4. The highest BCUT2D eigenvalue weighted by atomic mass is 16.5. The molecule has 3 aromatic rings. The summed E-state index contributed by atoms with van der Waals surface area (Å²) in [6.45, 7) is -0.0628. The van der Waals surface area contributed by atoms with E-state index in [4.69, 9.17) is 4.74 Å². The molecular formula is C25H21N3O4. The average molecular weight is 427 g/mol. The summed E-state index contributed by atoms with van der Waals surface area (Å²) in [6.07, 6.45) is 0.313. The lowest BCUT2D eigenvalue weighted by Gasteiger charge is -2.33. The third-order valence-corrected chi connectivity index (χ3v) is 5.83. The predicted octanol–water partition coefficient (Wildman–Crippen LogP) is 3.52. The maximum Gasteiger partial charge on any atom is 0.325 e. The smallest absolute Gasteiger partial charge is 0.325 e. The normalized spacial score (nSPS) is 19.3. The maximum absolute atomic E-state index is 13.3. The summed E-state index contributed by atoms with van der Waals surface area (Å²) in [4.78, 5) is 39.5. The number of urea groups is 1. The predicted molar refractivity (Wildman–Crippen MR) is 119 cm³/mol. The number of imide groups is 1. The quantitative estimate of drug-likeness (QED) is 0.624. The number of para-hydroxylation sites is 1. The van der Waals surface area contributed by atoms with Gasteiger partial charge in [-0.1, -0.05) is 60.7 Å². The SMILES string of the molecule is O=C(CN1C(=O)NC2(CCOc3ccccc32)C1=O)Nc1ccc(-c2ccccc2)cc1. The van der Waals surface area contributed by atoms with Crippen molar-refractivity contribution in [3.8, 4) is 16.9 Å². The van der Waals surface area contributed by atoms with Crippen LogP contribution < -0.4 is 15.4 Å². The topological polar surface area (TPSA) is 87.7 Å². The number of nitrogens with zero attached hydrogens (tertiary/aromatic N) is 1.